The van der Waals surface area contributed by atoms with Gasteiger partial charge in [-0.3, -0.25) is 0 Å². The molecule has 0 aliphatic heterocycles. The largest absolute Gasteiger partial charge is 0.434 e. The van der Waals surface area contributed by atoms with Crippen LogP contribution >= 0.6 is 57.4 Å². The molecule has 20 heavy (non-hydrogen) atoms. The molecule has 2 aromatic rings. The molecule has 8 heteroatoms. The fourth-order valence-corrected chi connectivity index (χ4v) is 2.66. The van der Waals surface area contributed by atoms with E-state index in [0.717, 1.165) is 0 Å². The van der Waals surface area contributed by atoms with Crippen LogP contribution in [0.25, 0.3) is 11.1 Å². The molecule has 0 fully saturated rings. The quantitative estimate of drug-likeness (QED) is 0.280. The van der Waals surface area contributed by atoms with E-state index in [-0.39, 0.29) is 29.9 Å². The van der Waals surface area contributed by atoms with Crippen LogP contribution < -0.4 is 0 Å². The lowest BCUT2D eigenvalue weighted by Crippen LogP contribution is -2.11. The molecule has 0 amide bonds. The Morgan fingerprint density at radius 3 is 2.10 bits per heavy atom. The fraction of sp³-hybridized carbons (Fsp3) is 0.0833. The molecule has 0 atom stereocenters. The minimum absolute atomic E-state index is 0.0116. The predicted octanol–water partition coefficient (Wildman–Crippen LogP) is 6.33. The Kier molecular flexibility index (Phi) is 4.73. The van der Waals surface area contributed by atoms with Gasteiger partial charge in [0.05, 0.1) is 15.1 Å². The average Bonchev–Trinajstić information content (AvgIpc) is 2.36. The summed E-state index contributed by atoms with van der Waals surface area (Å²) in [5.41, 5.74) is -1.01. The molecule has 0 spiro atoms. The summed E-state index contributed by atoms with van der Waals surface area (Å²) in [6, 6.07) is 5.55. The summed E-state index contributed by atoms with van der Waals surface area (Å²) >= 11 is 19.3. The second-order valence-corrected chi connectivity index (χ2v) is 6.02. The number of nitrogens with zero attached hydrogens (tertiary/aromatic N) is 1. The zero-order valence-electron chi connectivity index (χ0n) is 9.40. The molecule has 0 N–H and O–H groups in total. The summed E-state index contributed by atoms with van der Waals surface area (Å²) in [5, 5.41) is 0.151. The number of hydrogen-bond acceptors (Lipinski definition) is 1. The van der Waals surface area contributed by atoms with Gasteiger partial charge < -0.3 is 0 Å². The second kappa shape index (κ2) is 5.87. The minimum Gasteiger partial charge on any atom is -0.237 e. The highest BCUT2D eigenvalue weighted by Gasteiger charge is 2.36. The summed E-state index contributed by atoms with van der Waals surface area (Å²) in [7, 11) is 0. The van der Waals surface area contributed by atoms with Gasteiger partial charge in [0.15, 0.2) is 5.69 Å². The van der Waals surface area contributed by atoms with E-state index < -0.39 is 11.9 Å². The van der Waals surface area contributed by atoms with E-state index in [9.17, 15) is 13.2 Å². The molecular formula is C12H4Cl3F3IN. The third-order valence-corrected chi connectivity index (χ3v) is 4.35. The van der Waals surface area contributed by atoms with E-state index in [0.29, 0.717) is 0 Å². The number of pyridine rings is 1. The zero-order valence-corrected chi connectivity index (χ0v) is 13.8. The van der Waals surface area contributed by atoms with Gasteiger partial charge in [-0.1, -0.05) is 40.9 Å². The van der Waals surface area contributed by atoms with E-state index in [1.807, 2.05) is 0 Å². The molecule has 0 radical (unpaired) electrons. The van der Waals surface area contributed by atoms with Gasteiger partial charge in [-0.15, -0.1) is 0 Å². The molecule has 1 nitrogen and oxygen atoms in total. The van der Waals surface area contributed by atoms with Crippen LogP contribution in [0.4, 0.5) is 13.2 Å². The maximum Gasteiger partial charge on any atom is 0.434 e. The summed E-state index contributed by atoms with van der Waals surface area (Å²) in [6.45, 7) is 0. The first-order valence-electron chi connectivity index (χ1n) is 5.09. The predicted molar refractivity (Wildman–Crippen MR) is 82.4 cm³/mol. The van der Waals surface area contributed by atoms with Crippen molar-refractivity contribution in [3.63, 3.8) is 0 Å². The number of halogens is 7. The number of alkyl halides is 3. The van der Waals surface area contributed by atoms with Crippen molar-refractivity contribution in [3.05, 3.63) is 48.7 Å². The summed E-state index contributed by atoms with van der Waals surface area (Å²) in [4.78, 5) is 3.54. The fourth-order valence-electron chi connectivity index (χ4n) is 1.60. The first-order chi connectivity index (χ1) is 9.21. The summed E-state index contributed by atoms with van der Waals surface area (Å²) < 4.78 is 39.4. The summed E-state index contributed by atoms with van der Waals surface area (Å²) in [6.07, 6.45) is -4.59. The zero-order chi connectivity index (χ0) is 15.1. The first kappa shape index (κ1) is 16.1. The van der Waals surface area contributed by atoms with Gasteiger partial charge in [0, 0.05) is 11.1 Å². The number of hydrogen-bond donors (Lipinski definition) is 0. The molecule has 1 aromatic carbocycles. The van der Waals surface area contributed by atoms with Crippen LogP contribution in [0.3, 0.4) is 0 Å². The van der Waals surface area contributed by atoms with Crippen molar-refractivity contribution in [2.45, 2.75) is 6.18 Å². The molecular weight excluding hydrogens is 448 g/mol. The highest BCUT2D eigenvalue weighted by molar-refractivity contribution is 14.1. The molecule has 1 aromatic heterocycles. The van der Waals surface area contributed by atoms with E-state index in [1.54, 1.807) is 22.6 Å². The maximum absolute atomic E-state index is 13.1. The number of benzene rings is 1. The molecule has 0 bridgehead atoms. The maximum atomic E-state index is 13.1. The van der Waals surface area contributed by atoms with E-state index >= 15 is 0 Å². The Bertz CT molecular complexity index is 674. The van der Waals surface area contributed by atoms with Crippen molar-refractivity contribution in [1.29, 1.82) is 0 Å². The molecule has 0 aliphatic rings. The van der Waals surface area contributed by atoms with Crippen LogP contribution in [0.2, 0.25) is 15.1 Å². The third-order valence-electron chi connectivity index (χ3n) is 2.46. The van der Waals surface area contributed by atoms with Crippen LogP contribution in [0.1, 0.15) is 5.69 Å². The van der Waals surface area contributed by atoms with Gasteiger partial charge in [-0.05, 0) is 40.8 Å². The van der Waals surface area contributed by atoms with E-state index in [4.69, 9.17) is 34.8 Å². The van der Waals surface area contributed by atoms with Gasteiger partial charge in [0.25, 0.3) is 0 Å². The normalized spacial score (nSPS) is 11.8. The smallest absolute Gasteiger partial charge is 0.237 e. The molecule has 2 rings (SSSR count). The van der Waals surface area contributed by atoms with Crippen LogP contribution in [-0.4, -0.2) is 4.98 Å². The van der Waals surface area contributed by atoms with E-state index in [1.165, 1.54) is 24.3 Å². The van der Waals surface area contributed by atoms with Crippen molar-refractivity contribution < 1.29 is 13.2 Å². The Balaban J connectivity index is 2.74. The molecule has 0 unspecified atom stereocenters. The Labute approximate surface area is 141 Å². The third kappa shape index (κ3) is 3.16. The van der Waals surface area contributed by atoms with Gasteiger partial charge in [-0.2, -0.15) is 13.2 Å². The Morgan fingerprint density at radius 2 is 1.50 bits per heavy atom. The Morgan fingerprint density at radius 1 is 0.900 bits per heavy atom. The molecule has 1 heterocycles. The molecule has 0 saturated carbocycles. The van der Waals surface area contributed by atoms with E-state index in [2.05, 4.69) is 4.98 Å². The highest BCUT2D eigenvalue weighted by Crippen LogP contribution is 2.42. The van der Waals surface area contributed by atoms with Crippen molar-refractivity contribution >= 4 is 57.4 Å². The van der Waals surface area contributed by atoms with Crippen molar-refractivity contribution in [3.8, 4) is 11.1 Å². The van der Waals surface area contributed by atoms with Gasteiger partial charge in [0.1, 0.15) is 3.70 Å². The second-order valence-electron chi connectivity index (χ2n) is 3.75. The van der Waals surface area contributed by atoms with Crippen LogP contribution in [-0.2, 0) is 6.18 Å². The summed E-state index contributed by atoms with van der Waals surface area (Å²) in [5.74, 6) is 0. The standard InChI is InChI=1S/C12H4Cl3F3IN/c13-7-3-1-5(9(14)10(7)15)6-2-4-8(19)20-11(6)12(16,17)18/h1-4H. The molecule has 0 aliphatic carbocycles. The van der Waals surface area contributed by atoms with Crippen LogP contribution in [0.5, 0.6) is 0 Å². The first-order valence-corrected chi connectivity index (χ1v) is 7.30. The van der Waals surface area contributed by atoms with Crippen LogP contribution in [0.15, 0.2) is 24.3 Å². The van der Waals surface area contributed by atoms with Crippen molar-refractivity contribution in [2.75, 3.05) is 0 Å². The Hall–Kier alpha value is -0.240. The van der Waals surface area contributed by atoms with Crippen molar-refractivity contribution in [2.24, 2.45) is 0 Å². The monoisotopic (exact) mass is 451 g/mol. The van der Waals surface area contributed by atoms with Gasteiger partial charge in [-0.25, -0.2) is 4.98 Å². The lowest BCUT2D eigenvalue weighted by molar-refractivity contribution is -0.140. The number of aromatic nitrogens is 1. The molecule has 0 saturated heterocycles. The van der Waals surface area contributed by atoms with Crippen molar-refractivity contribution in [1.82, 2.24) is 4.98 Å². The van der Waals surface area contributed by atoms with Gasteiger partial charge in [0.2, 0.25) is 0 Å². The number of rotatable bonds is 1. The van der Waals surface area contributed by atoms with Gasteiger partial charge >= 0.3 is 6.18 Å². The topological polar surface area (TPSA) is 12.9 Å². The average molecular weight is 452 g/mol. The van der Waals surface area contributed by atoms with Crippen LogP contribution in [0, 0.1) is 3.70 Å². The minimum atomic E-state index is -4.59. The molecule has 106 valence electrons. The lowest BCUT2D eigenvalue weighted by atomic mass is 10.0. The lowest BCUT2D eigenvalue weighted by Gasteiger charge is -2.14. The highest BCUT2D eigenvalue weighted by atomic mass is 127. The SMILES string of the molecule is FC(F)(F)c1nc(I)ccc1-c1ccc(Cl)c(Cl)c1Cl.